The van der Waals surface area contributed by atoms with Gasteiger partial charge in [-0.25, -0.2) is 0 Å². The quantitative estimate of drug-likeness (QED) is 0.316. The number of aryl methyl sites for hydroxylation is 4. The lowest BCUT2D eigenvalue weighted by Crippen LogP contribution is -2.21. The van der Waals surface area contributed by atoms with Gasteiger partial charge in [-0.15, -0.1) is 0 Å². The largest absolute Gasteiger partial charge is 0.362 e. The van der Waals surface area contributed by atoms with Gasteiger partial charge in [0.05, 0.1) is 0 Å². The Morgan fingerprint density at radius 1 is 0.846 bits per heavy atom. The van der Waals surface area contributed by atoms with E-state index in [4.69, 9.17) is 0 Å². The minimum atomic E-state index is 0.607. The summed E-state index contributed by atoms with van der Waals surface area (Å²) in [7, 11) is 0. The predicted molar refractivity (Wildman–Crippen MR) is 165 cm³/mol. The summed E-state index contributed by atoms with van der Waals surface area (Å²) in [5.74, 6) is 2.54. The van der Waals surface area contributed by atoms with Crippen molar-refractivity contribution < 1.29 is 0 Å². The Morgan fingerprint density at radius 3 is 2.41 bits per heavy atom. The SMILES string of the molecule is Cc1cn2c(c1C(C)CC1CCCn3c1cc(C)c3C(C)C)CCCC2CC(C)c1c(C)[nH]c2c1CCCC2. The van der Waals surface area contributed by atoms with Gasteiger partial charge in [0.25, 0.3) is 0 Å². The number of aromatic amines is 1. The summed E-state index contributed by atoms with van der Waals surface area (Å²) in [6.45, 7) is 18.0. The number of H-pyrrole nitrogens is 1. The fourth-order valence-corrected chi connectivity index (χ4v) is 9.42. The molecule has 4 unspecified atom stereocenters. The summed E-state index contributed by atoms with van der Waals surface area (Å²) in [5.41, 5.74) is 15.9. The van der Waals surface area contributed by atoms with Gasteiger partial charge in [0.15, 0.2) is 0 Å². The van der Waals surface area contributed by atoms with Crippen molar-refractivity contribution in [1.29, 1.82) is 0 Å². The number of aromatic nitrogens is 3. The van der Waals surface area contributed by atoms with Gasteiger partial charge in [-0.05, 0) is 149 Å². The second kappa shape index (κ2) is 10.7. The molecule has 6 rings (SSSR count). The Labute approximate surface area is 237 Å². The van der Waals surface area contributed by atoms with E-state index in [0.717, 1.165) is 0 Å². The molecule has 3 aromatic heterocycles. The van der Waals surface area contributed by atoms with E-state index >= 15 is 0 Å². The van der Waals surface area contributed by atoms with E-state index in [1.54, 1.807) is 39.5 Å². The van der Waals surface area contributed by atoms with Gasteiger partial charge in [0.1, 0.15) is 0 Å². The number of hydrogen-bond acceptors (Lipinski definition) is 0. The lowest BCUT2D eigenvalue weighted by Gasteiger charge is -2.32. The molecule has 3 nitrogen and oxygen atoms in total. The average Bonchev–Trinajstić information content (AvgIpc) is 3.53. The Kier molecular flexibility index (Phi) is 7.40. The van der Waals surface area contributed by atoms with Crippen molar-refractivity contribution >= 4 is 0 Å². The maximum atomic E-state index is 3.78. The van der Waals surface area contributed by atoms with Gasteiger partial charge < -0.3 is 14.1 Å². The first-order valence-electron chi connectivity index (χ1n) is 16.3. The van der Waals surface area contributed by atoms with Gasteiger partial charge >= 0.3 is 0 Å². The van der Waals surface area contributed by atoms with Crippen LogP contribution in [-0.2, 0) is 25.8 Å². The Morgan fingerprint density at radius 2 is 1.62 bits per heavy atom. The third-order valence-electron chi connectivity index (χ3n) is 10.8. The van der Waals surface area contributed by atoms with E-state index in [2.05, 4.69) is 74.8 Å². The average molecular weight is 528 g/mol. The summed E-state index contributed by atoms with van der Waals surface area (Å²) >= 11 is 0. The molecule has 1 aliphatic carbocycles. The minimum Gasteiger partial charge on any atom is -0.362 e. The Balaban J connectivity index is 1.23. The fourth-order valence-electron chi connectivity index (χ4n) is 9.42. The maximum Gasteiger partial charge on any atom is 0.0339 e. The standard InChI is InChI=1S/C36H53N3/c1-22(2)36-25(5)20-33-28(12-11-17-38(33)36)18-23(3)34-26(6)21-39-29(13-10-16-32(34)39)19-24(4)35-27(7)37-31-15-9-8-14-30(31)35/h20-24,28-29,37H,8-19H2,1-7H3. The number of nitrogens with one attached hydrogen (secondary N) is 1. The maximum absolute atomic E-state index is 3.78. The van der Waals surface area contributed by atoms with Crippen molar-refractivity contribution in [3.8, 4) is 0 Å². The number of hydrogen-bond donors (Lipinski definition) is 1. The van der Waals surface area contributed by atoms with E-state index < -0.39 is 0 Å². The third-order valence-corrected chi connectivity index (χ3v) is 10.8. The third kappa shape index (κ3) is 4.76. The first kappa shape index (κ1) is 27.0. The number of fused-ring (bicyclic) bond motifs is 3. The zero-order chi connectivity index (χ0) is 27.4. The van der Waals surface area contributed by atoms with Crippen LogP contribution in [0.3, 0.4) is 0 Å². The van der Waals surface area contributed by atoms with E-state index in [1.807, 2.05) is 0 Å². The van der Waals surface area contributed by atoms with Crippen LogP contribution >= 0.6 is 0 Å². The smallest absolute Gasteiger partial charge is 0.0339 e. The van der Waals surface area contributed by atoms with Crippen LogP contribution in [0.1, 0.15) is 165 Å². The Bertz CT molecular complexity index is 1330. The molecule has 2 aliphatic heterocycles. The highest BCUT2D eigenvalue weighted by Gasteiger charge is 2.32. The number of rotatable bonds is 7. The number of nitrogens with zero attached hydrogens (tertiary/aromatic N) is 2. The molecule has 0 bridgehead atoms. The highest BCUT2D eigenvalue weighted by molar-refractivity contribution is 5.41. The van der Waals surface area contributed by atoms with Gasteiger partial charge in [-0.3, -0.25) is 0 Å². The van der Waals surface area contributed by atoms with Crippen LogP contribution in [0.4, 0.5) is 0 Å². The molecule has 212 valence electrons. The van der Waals surface area contributed by atoms with Crippen LogP contribution in [0.2, 0.25) is 0 Å². The van der Waals surface area contributed by atoms with Crippen LogP contribution in [0, 0.1) is 20.8 Å². The van der Waals surface area contributed by atoms with Crippen LogP contribution in [0.15, 0.2) is 12.3 Å². The molecule has 4 atom stereocenters. The van der Waals surface area contributed by atoms with Crippen molar-refractivity contribution in [2.45, 2.75) is 155 Å². The molecule has 5 heterocycles. The van der Waals surface area contributed by atoms with E-state index in [0.29, 0.717) is 29.7 Å². The molecule has 39 heavy (non-hydrogen) atoms. The van der Waals surface area contributed by atoms with Crippen molar-refractivity contribution in [2.75, 3.05) is 0 Å². The topological polar surface area (TPSA) is 25.6 Å². The van der Waals surface area contributed by atoms with E-state index in [1.165, 1.54) is 94.0 Å². The zero-order valence-electron chi connectivity index (χ0n) is 25.9. The molecule has 0 fully saturated rings. The van der Waals surface area contributed by atoms with Gasteiger partial charge in [-0.2, -0.15) is 0 Å². The lowest BCUT2D eigenvalue weighted by atomic mass is 9.82. The first-order chi connectivity index (χ1) is 18.7. The second-order valence-corrected chi connectivity index (χ2v) is 14.0. The van der Waals surface area contributed by atoms with Crippen molar-refractivity contribution in [3.05, 3.63) is 68.6 Å². The molecular weight excluding hydrogens is 474 g/mol. The fraction of sp³-hybridized carbons (Fsp3) is 0.667. The van der Waals surface area contributed by atoms with Crippen LogP contribution in [-0.4, -0.2) is 14.1 Å². The molecule has 3 heteroatoms. The summed E-state index contributed by atoms with van der Waals surface area (Å²) < 4.78 is 5.45. The normalized spacial score (nSPS) is 22.5. The van der Waals surface area contributed by atoms with Gasteiger partial charge in [0, 0.05) is 47.3 Å². The first-order valence-corrected chi connectivity index (χ1v) is 16.3. The predicted octanol–water partition coefficient (Wildman–Crippen LogP) is 9.69. The molecule has 0 saturated carbocycles. The minimum absolute atomic E-state index is 0.607. The van der Waals surface area contributed by atoms with Crippen LogP contribution in [0.5, 0.6) is 0 Å². The molecule has 1 N–H and O–H groups in total. The molecule has 0 aromatic carbocycles. The zero-order valence-corrected chi connectivity index (χ0v) is 25.9. The van der Waals surface area contributed by atoms with Gasteiger partial charge in [0.2, 0.25) is 0 Å². The molecule has 0 spiro atoms. The lowest BCUT2D eigenvalue weighted by molar-refractivity contribution is 0.355. The highest BCUT2D eigenvalue weighted by Crippen LogP contribution is 2.44. The van der Waals surface area contributed by atoms with Crippen LogP contribution in [0.25, 0.3) is 0 Å². The highest BCUT2D eigenvalue weighted by atomic mass is 15.0. The summed E-state index contributed by atoms with van der Waals surface area (Å²) in [5, 5.41) is 0. The molecule has 0 radical (unpaired) electrons. The summed E-state index contributed by atoms with van der Waals surface area (Å²) in [6, 6.07) is 3.17. The molecular formula is C36H53N3. The van der Waals surface area contributed by atoms with Crippen molar-refractivity contribution in [3.63, 3.8) is 0 Å². The Hall–Kier alpha value is -2.16. The van der Waals surface area contributed by atoms with E-state index in [9.17, 15) is 0 Å². The van der Waals surface area contributed by atoms with E-state index in [-0.39, 0.29) is 0 Å². The molecule has 0 saturated heterocycles. The molecule has 3 aromatic rings. The summed E-state index contributed by atoms with van der Waals surface area (Å²) in [4.78, 5) is 3.78. The molecule has 3 aliphatic rings. The molecule has 0 amide bonds. The van der Waals surface area contributed by atoms with Gasteiger partial charge in [-0.1, -0.05) is 27.7 Å². The van der Waals surface area contributed by atoms with Crippen LogP contribution < -0.4 is 0 Å². The summed E-state index contributed by atoms with van der Waals surface area (Å²) in [6.07, 6.45) is 16.9. The monoisotopic (exact) mass is 527 g/mol. The second-order valence-electron chi connectivity index (χ2n) is 14.0. The van der Waals surface area contributed by atoms with Crippen molar-refractivity contribution in [1.82, 2.24) is 14.1 Å². The van der Waals surface area contributed by atoms with Crippen molar-refractivity contribution in [2.24, 2.45) is 0 Å².